The first-order valence-electron chi connectivity index (χ1n) is 7.45. The summed E-state index contributed by atoms with van der Waals surface area (Å²) in [4.78, 5) is 12.9. The van der Waals surface area contributed by atoms with Crippen LogP contribution in [0, 0.1) is 11.6 Å². The Bertz CT molecular complexity index is 1030. The van der Waals surface area contributed by atoms with E-state index in [0.29, 0.717) is 11.8 Å². The molecule has 3 nitrogen and oxygen atoms in total. The van der Waals surface area contributed by atoms with Crippen LogP contribution in [-0.4, -0.2) is 7.05 Å². The number of fused-ring (bicyclic) bond motifs is 1. The molecule has 3 aromatic rings. The smallest absolute Gasteiger partial charge is 0.417 e. The standard InChI is InChI=1S/C18H12F5NO2/c1-24(9-10-6-11(19)2-5-15(10)20)12-3-4-13-14(18(21,22)23)8-17(25)26-16(13)7-12/h2-8H,9H2,1H3. The summed E-state index contributed by atoms with van der Waals surface area (Å²) in [5.74, 6) is -1.21. The van der Waals surface area contributed by atoms with E-state index in [-0.39, 0.29) is 23.1 Å². The lowest BCUT2D eigenvalue weighted by Crippen LogP contribution is -2.17. The third-order valence-corrected chi connectivity index (χ3v) is 3.89. The molecule has 0 atom stereocenters. The zero-order valence-corrected chi connectivity index (χ0v) is 13.4. The summed E-state index contributed by atoms with van der Waals surface area (Å²) in [6, 6.07) is 7.23. The molecule has 0 bridgehead atoms. The van der Waals surface area contributed by atoms with Crippen molar-refractivity contribution in [3.05, 3.63) is 75.6 Å². The SMILES string of the molecule is CN(Cc1cc(F)ccc1F)c1ccc2c(C(F)(F)F)cc(=O)oc2c1. The van der Waals surface area contributed by atoms with Crippen molar-refractivity contribution < 1.29 is 26.4 Å². The summed E-state index contributed by atoms with van der Waals surface area (Å²) in [5, 5.41) is -0.258. The van der Waals surface area contributed by atoms with Crippen LogP contribution >= 0.6 is 0 Å². The van der Waals surface area contributed by atoms with Crippen LogP contribution < -0.4 is 10.5 Å². The quantitative estimate of drug-likeness (QED) is 0.495. The van der Waals surface area contributed by atoms with E-state index in [1.165, 1.54) is 23.1 Å². The monoisotopic (exact) mass is 369 g/mol. The van der Waals surface area contributed by atoms with Gasteiger partial charge in [0, 0.05) is 42.4 Å². The van der Waals surface area contributed by atoms with E-state index in [9.17, 15) is 26.7 Å². The van der Waals surface area contributed by atoms with Crippen LogP contribution in [0.4, 0.5) is 27.6 Å². The second kappa shape index (κ2) is 6.44. The van der Waals surface area contributed by atoms with E-state index in [1.807, 2.05) is 0 Å². The lowest BCUT2D eigenvalue weighted by Gasteiger charge is -2.20. The molecule has 0 aliphatic carbocycles. The Balaban J connectivity index is 2.01. The minimum atomic E-state index is -4.70. The summed E-state index contributed by atoms with van der Waals surface area (Å²) in [6.07, 6.45) is -4.70. The normalized spacial score (nSPS) is 11.8. The van der Waals surface area contributed by atoms with Gasteiger partial charge in [0.15, 0.2) is 0 Å². The average molecular weight is 369 g/mol. The van der Waals surface area contributed by atoms with Crippen molar-refractivity contribution in [2.45, 2.75) is 12.7 Å². The Morgan fingerprint density at radius 2 is 1.77 bits per heavy atom. The Kier molecular flexibility index (Phi) is 4.43. The van der Waals surface area contributed by atoms with E-state index in [0.717, 1.165) is 18.2 Å². The molecule has 0 saturated heterocycles. The van der Waals surface area contributed by atoms with E-state index < -0.39 is 29.0 Å². The van der Waals surface area contributed by atoms with E-state index in [1.54, 1.807) is 7.05 Å². The van der Waals surface area contributed by atoms with Gasteiger partial charge in [0.25, 0.3) is 0 Å². The highest BCUT2D eigenvalue weighted by molar-refractivity contribution is 5.84. The predicted octanol–water partition coefficient (Wildman–Crippen LogP) is 4.73. The number of rotatable bonds is 3. The predicted molar refractivity (Wildman–Crippen MR) is 86.0 cm³/mol. The first-order chi connectivity index (χ1) is 12.1. The van der Waals surface area contributed by atoms with Gasteiger partial charge in [-0.3, -0.25) is 0 Å². The summed E-state index contributed by atoms with van der Waals surface area (Å²) < 4.78 is 71.1. The van der Waals surface area contributed by atoms with Gasteiger partial charge in [0.1, 0.15) is 17.2 Å². The number of nitrogens with zero attached hydrogens (tertiary/aromatic N) is 1. The van der Waals surface area contributed by atoms with E-state index in [4.69, 9.17) is 4.42 Å². The van der Waals surface area contributed by atoms with Gasteiger partial charge in [-0.25, -0.2) is 13.6 Å². The Labute approximate surface area is 144 Å². The van der Waals surface area contributed by atoms with Crippen LogP contribution in [0.1, 0.15) is 11.1 Å². The van der Waals surface area contributed by atoms with Crippen LogP contribution in [0.5, 0.6) is 0 Å². The van der Waals surface area contributed by atoms with Crippen LogP contribution in [0.2, 0.25) is 0 Å². The molecular formula is C18H12F5NO2. The fourth-order valence-corrected chi connectivity index (χ4v) is 2.63. The molecule has 1 heterocycles. The fraction of sp³-hybridized carbons (Fsp3) is 0.167. The lowest BCUT2D eigenvalue weighted by molar-refractivity contribution is -0.136. The van der Waals surface area contributed by atoms with Crippen LogP contribution in [0.15, 0.2) is 51.7 Å². The van der Waals surface area contributed by atoms with Crippen molar-refractivity contribution in [3.8, 4) is 0 Å². The zero-order chi connectivity index (χ0) is 19.1. The molecule has 8 heteroatoms. The first-order valence-corrected chi connectivity index (χ1v) is 7.45. The minimum absolute atomic E-state index is 0.0295. The number of halogens is 5. The maximum absolute atomic E-state index is 13.8. The van der Waals surface area contributed by atoms with Crippen molar-refractivity contribution in [3.63, 3.8) is 0 Å². The number of benzene rings is 2. The van der Waals surface area contributed by atoms with Crippen LogP contribution in [0.3, 0.4) is 0 Å². The van der Waals surface area contributed by atoms with Gasteiger partial charge < -0.3 is 9.32 Å². The molecule has 0 fully saturated rings. The molecule has 0 saturated carbocycles. The highest BCUT2D eigenvalue weighted by atomic mass is 19.4. The van der Waals surface area contributed by atoms with Gasteiger partial charge in [0.05, 0.1) is 5.56 Å². The number of anilines is 1. The van der Waals surface area contributed by atoms with E-state index >= 15 is 0 Å². The molecule has 136 valence electrons. The van der Waals surface area contributed by atoms with Gasteiger partial charge in [0.2, 0.25) is 0 Å². The van der Waals surface area contributed by atoms with Gasteiger partial charge in [-0.1, -0.05) is 0 Å². The highest BCUT2D eigenvalue weighted by Crippen LogP contribution is 2.35. The minimum Gasteiger partial charge on any atom is -0.423 e. The molecule has 0 N–H and O–H groups in total. The van der Waals surface area contributed by atoms with Crippen molar-refractivity contribution in [2.75, 3.05) is 11.9 Å². The molecule has 0 spiro atoms. The number of alkyl halides is 3. The second-order valence-electron chi connectivity index (χ2n) is 5.75. The Morgan fingerprint density at radius 1 is 1.04 bits per heavy atom. The van der Waals surface area contributed by atoms with Crippen molar-refractivity contribution >= 4 is 16.7 Å². The topological polar surface area (TPSA) is 33.5 Å². The maximum Gasteiger partial charge on any atom is 0.417 e. The molecular weight excluding hydrogens is 357 g/mol. The van der Waals surface area contributed by atoms with Crippen LogP contribution in [-0.2, 0) is 12.7 Å². The highest BCUT2D eigenvalue weighted by Gasteiger charge is 2.33. The van der Waals surface area contributed by atoms with Crippen molar-refractivity contribution in [2.24, 2.45) is 0 Å². The summed E-state index contributed by atoms with van der Waals surface area (Å²) >= 11 is 0. The summed E-state index contributed by atoms with van der Waals surface area (Å²) in [6.45, 7) is -0.0295. The largest absolute Gasteiger partial charge is 0.423 e. The van der Waals surface area contributed by atoms with Gasteiger partial charge in [-0.15, -0.1) is 0 Å². The summed E-state index contributed by atoms with van der Waals surface area (Å²) in [7, 11) is 1.55. The average Bonchev–Trinajstić information content (AvgIpc) is 2.56. The molecule has 0 unspecified atom stereocenters. The molecule has 0 amide bonds. The second-order valence-corrected chi connectivity index (χ2v) is 5.75. The maximum atomic E-state index is 13.8. The molecule has 0 aliphatic rings. The van der Waals surface area contributed by atoms with Crippen LogP contribution in [0.25, 0.3) is 11.0 Å². The fourth-order valence-electron chi connectivity index (χ4n) is 2.63. The van der Waals surface area contributed by atoms with Gasteiger partial charge >= 0.3 is 11.8 Å². The molecule has 0 radical (unpaired) electrons. The zero-order valence-electron chi connectivity index (χ0n) is 13.4. The molecule has 2 aromatic carbocycles. The first kappa shape index (κ1) is 17.9. The lowest BCUT2D eigenvalue weighted by atomic mass is 10.1. The Morgan fingerprint density at radius 3 is 2.46 bits per heavy atom. The third-order valence-electron chi connectivity index (χ3n) is 3.89. The summed E-state index contributed by atoms with van der Waals surface area (Å²) in [5.41, 5.74) is -1.99. The molecule has 0 aliphatic heterocycles. The third kappa shape index (κ3) is 3.54. The van der Waals surface area contributed by atoms with Crippen molar-refractivity contribution in [1.29, 1.82) is 0 Å². The van der Waals surface area contributed by atoms with Gasteiger partial charge in [-0.2, -0.15) is 13.2 Å². The van der Waals surface area contributed by atoms with Crippen molar-refractivity contribution in [1.82, 2.24) is 0 Å². The van der Waals surface area contributed by atoms with E-state index in [2.05, 4.69) is 0 Å². The van der Waals surface area contributed by atoms with Gasteiger partial charge in [-0.05, 0) is 30.3 Å². The number of hydrogen-bond acceptors (Lipinski definition) is 3. The molecule has 1 aromatic heterocycles. The molecule has 26 heavy (non-hydrogen) atoms. The molecule has 3 rings (SSSR count). The number of hydrogen-bond donors (Lipinski definition) is 0. The Hall–Kier alpha value is -2.90.